The summed E-state index contributed by atoms with van der Waals surface area (Å²) in [5, 5.41) is 0. The lowest BCUT2D eigenvalue weighted by molar-refractivity contribution is 0.105. The third kappa shape index (κ3) is 2.26. The van der Waals surface area contributed by atoms with Gasteiger partial charge in [0.2, 0.25) is 0 Å². The van der Waals surface area contributed by atoms with Crippen LogP contribution in [0.2, 0.25) is 0 Å². The van der Waals surface area contributed by atoms with E-state index < -0.39 is 0 Å². The lowest BCUT2D eigenvalue weighted by Crippen LogP contribution is -2.51. The largest absolute Gasteiger partial charge is 0.329 e. The molecule has 0 bridgehead atoms. The molecule has 2 nitrogen and oxygen atoms in total. The summed E-state index contributed by atoms with van der Waals surface area (Å²) < 4.78 is 0. The highest BCUT2D eigenvalue weighted by molar-refractivity contribution is 5.03. The van der Waals surface area contributed by atoms with Crippen molar-refractivity contribution < 1.29 is 0 Å². The highest BCUT2D eigenvalue weighted by Crippen LogP contribution is 2.45. The molecule has 1 saturated carbocycles. The van der Waals surface area contributed by atoms with E-state index in [9.17, 15) is 0 Å². The van der Waals surface area contributed by atoms with Gasteiger partial charge in [0.15, 0.2) is 0 Å². The molecule has 0 aromatic rings. The molecule has 2 atom stereocenters. The van der Waals surface area contributed by atoms with Gasteiger partial charge in [0.05, 0.1) is 0 Å². The summed E-state index contributed by atoms with van der Waals surface area (Å²) in [6.45, 7) is 10.6. The van der Waals surface area contributed by atoms with Crippen molar-refractivity contribution >= 4 is 0 Å². The SMILES string of the molecule is CCC1(CC)CCN(C2(CN)CCC(C)C2)C1. The maximum atomic E-state index is 6.14. The lowest BCUT2D eigenvalue weighted by atomic mass is 9.81. The average Bonchev–Trinajstić information content (AvgIpc) is 2.94. The molecule has 0 radical (unpaired) electrons. The van der Waals surface area contributed by atoms with Gasteiger partial charge in [0.25, 0.3) is 0 Å². The minimum Gasteiger partial charge on any atom is -0.329 e. The number of rotatable bonds is 4. The summed E-state index contributed by atoms with van der Waals surface area (Å²) in [6, 6.07) is 0. The van der Waals surface area contributed by atoms with Crippen LogP contribution in [-0.4, -0.2) is 30.1 Å². The van der Waals surface area contributed by atoms with Crippen LogP contribution in [0.25, 0.3) is 0 Å². The Balaban J connectivity index is 2.08. The van der Waals surface area contributed by atoms with Crippen LogP contribution >= 0.6 is 0 Å². The van der Waals surface area contributed by atoms with Gasteiger partial charge in [0, 0.05) is 18.6 Å². The van der Waals surface area contributed by atoms with Crippen molar-refractivity contribution in [1.29, 1.82) is 0 Å². The molecule has 17 heavy (non-hydrogen) atoms. The first-order chi connectivity index (χ1) is 8.10. The van der Waals surface area contributed by atoms with Crippen LogP contribution in [0.3, 0.4) is 0 Å². The number of hydrogen-bond donors (Lipinski definition) is 1. The van der Waals surface area contributed by atoms with Gasteiger partial charge in [-0.15, -0.1) is 0 Å². The standard InChI is InChI=1S/C15H30N2/c1-4-14(5-2)8-9-17(12-14)15(11-16)7-6-13(3)10-15/h13H,4-12,16H2,1-3H3. The molecular formula is C15H30N2. The molecule has 1 heterocycles. The molecule has 1 aliphatic carbocycles. The van der Waals surface area contributed by atoms with Crippen LogP contribution in [-0.2, 0) is 0 Å². The fourth-order valence-corrected chi connectivity index (χ4v) is 4.14. The van der Waals surface area contributed by atoms with E-state index >= 15 is 0 Å². The first-order valence-electron chi connectivity index (χ1n) is 7.55. The van der Waals surface area contributed by atoms with E-state index in [2.05, 4.69) is 25.7 Å². The Morgan fingerprint density at radius 1 is 1.24 bits per heavy atom. The third-order valence-corrected chi connectivity index (χ3v) is 5.82. The van der Waals surface area contributed by atoms with Gasteiger partial charge >= 0.3 is 0 Å². The van der Waals surface area contributed by atoms with Gasteiger partial charge in [0.1, 0.15) is 0 Å². The van der Waals surface area contributed by atoms with Crippen LogP contribution in [0.1, 0.15) is 59.3 Å². The van der Waals surface area contributed by atoms with Crippen molar-refractivity contribution in [1.82, 2.24) is 4.90 Å². The van der Waals surface area contributed by atoms with Gasteiger partial charge in [-0.3, -0.25) is 4.90 Å². The lowest BCUT2D eigenvalue weighted by Gasteiger charge is -2.39. The van der Waals surface area contributed by atoms with E-state index in [1.54, 1.807) is 0 Å². The Labute approximate surface area is 107 Å². The van der Waals surface area contributed by atoms with Crippen molar-refractivity contribution in [2.75, 3.05) is 19.6 Å². The van der Waals surface area contributed by atoms with E-state index in [0.29, 0.717) is 11.0 Å². The van der Waals surface area contributed by atoms with Gasteiger partial charge in [-0.1, -0.05) is 20.8 Å². The molecule has 0 aromatic heterocycles. The van der Waals surface area contributed by atoms with Gasteiger partial charge in [-0.2, -0.15) is 0 Å². The van der Waals surface area contributed by atoms with E-state index in [1.807, 2.05) is 0 Å². The molecule has 2 N–H and O–H groups in total. The molecule has 0 spiro atoms. The van der Waals surface area contributed by atoms with E-state index in [4.69, 9.17) is 5.73 Å². The zero-order valence-corrected chi connectivity index (χ0v) is 12.0. The minimum absolute atomic E-state index is 0.353. The van der Waals surface area contributed by atoms with Crippen LogP contribution < -0.4 is 5.73 Å². The van der Waals surface area contributed by atoms with E-state index in [-0.39, 0.29) is 0 Å². The maximum absolute atomic E-state index is 6.14. The Morgan fingerprint density at radius 2 is 1.94 bits per heavy atom. The number of nitrogens with zero attached hydrogens (tertiary/aromatic N) is 1. The van der Waals surface area contributed by atoms with E-state index in [0.717, 1.165) is 12.5 Å². The molecule has 2 fully saturated rings. The fourth-order valence-electron chi connectivity index (χ4n) is 4.14. The Morgan fingerprint density at radius 3 is 2.35 bits per heavy atom. The molecule has 2 aliphatic rings. The molecular weight excluding hydrogens is 208 g/mol. The highest BCUT2D eigenvalue weighted by Gasteiger charge is 2.47. The summed E-state index contributed by atoms with van der Waals surface area (Å²) >= 11 is 0. The Hall–Kier alpha value is -0.0800. The first-order valence-corrected chi connectivity index (χ1v) is 7.55. The second-order valence-corrected chi connectivity index (χ2v) is 6.66. The first kappa shape index (κ1) is 13.4. The second-order valence-electron chi connectivity index (χ2n) is 6.66. The minimum atomic E-state index is 0.353. The summed E-state index contributed by atoms with van der Waals surface area (Å²) in [5.74, 6) is 0.872. The van der Waals surface area contributed by atoms with Crippen LogP contribution in [0.15, 0.2) is 0 Å². The summed E-state index contributed by atoms with van der Waals surface area (Å²) in [7, 11) is 0. The smallest absolute Gasteiger partial charge is 0.0334 e. The Bertz CT molecular complexity index is 260. The predicted octanol–water partition coefficient (Wildman–Crippen LogP) is 3.02. The molecule has 100 valence electrons. The zero-order chi connectivity index (χ0) is 12.5. The number of likely N-dealkylation sites (tertiary alicyclic amines) is 1. The topological polar surface area (TPSA) is 29.3 Å². The van der Waals surface area contributed by atoms with Crippen LogP contribution in [0.4, 0.5) is 0 Å². The monoisotopic (exact) mass is 238 g/mol. The molecule has 0 aromatic carbocycles. The summed E-state index contributed by atoms with van der Waals surface area (Å²) in [5.41, 5.74) is 7.08. The van der Waals surface area contributed by atoms with Crippen molar-refractivity contribution in [2.45, 2.75) is 64.8 Å². The number of nitrogens with two attached hydrogens (primary N) is 1. The van der Waals surface area contributed by atoms with Crippen molar-refractivity contribution in [3.05, 3.63) is 0 Å². The zero-order valence-electron chi connectivity index (χ0n) is 12.0. The summed E-state index contributed by atoms with van der Waals surface area (Å²) in [4.78, 5) is 2.75. The summed E-state index contributed by atoms with van der Waals surface area (Å²) in [6.07, 6.45) is 8.07. The molecule has 1 saturated heterocycles. The van der Waals surface area contributed by atoms with E-state index in [1.165, 1.54) is 51.6 Å². The molecule has 2 rings (SSSR count). The number of hydrogen-bond acceptors (Lipinski definition) is 2. The third-order valence-electron chi connectivity index (χ3n) is 5.82. The normalized spacial score (nSPS) is 37.8. The van der Waals surface area contributed by atoms with Crippen LogP contribution in [0.5, 0.6) is 0 Å². The molecule has 0 amide bonds. The van der Waals surface area contributed by atoms with Crippen molar-refractivity contribution in [2.24, 2.45) is 17.1 Å². The van der Waals surface area contributed by atoms with Gasteiger partial charge in [-0.05, 0) is 56.4 Å². The predicted molar refractivity (Wildman–Crippen MR) is 74.0 cm³/mol. The maximum Gasteiger partial charge on any atom is 0.0334 e. The highest BCUT2D eigenvalue weighted by atomic mass is 15.2. The molecule has 2 heteroatoms. The Kier molecular flexibility index (Phi) is 3.84. The van der Waals surface area contributed by atoms with Crippen molar-refractivity contribution in [3.63, 3.8) is 0 Å². The van der Waals surface area contributed by atoms with Gasteiger partial charge in [-0.25, -0.2) is 0 Å². The quantitative estimate of drug-likeness (QED) is 0.816. The fraction of sp³-hybridized carbons (Fsp3) is 1.00. The molecule has 1 aliphatic heterocycles. The average molecular weight is 238 g/mol. The molecule has 2 unspecified atom stereocenters. The van der Waals surface area contributed by atoms with Crippen LogP contribution in [0, 0.1) is 11.3 Å². The second kappa shape index (κ2) is 4.89. The van der Waals surface area contributed by atoms with Gasteiger partial charge < -0.3 is 5.73 Å². The van der Waals surface area contributed by atoms with Crippen molar-refractivity contribution in [3.8, 4) is 0 Å².